The molecule has 1 N–H and O–H groups in total. The Labute approximate surface area is 115 Å². The lowest BCUT2D eigenvalue weighted by atomic mass is 10.2. The van der Waals surface area contributed by atoms with Gasteiger partial charge < -0.3 is 14.7 Å². The molecular formula is C15H22N2O2. The summed E-state index contributed by atoms with van der Waals surface area (Å²) in [5.41, 5.74) is 0.604. The standard InChI is InChI=1S/C15H22N2O2/c1-3-4-9-17(2)11-14(18)12-19-15-7-5-13(10-16)6-8-15/h5-8,14,18H,3-4,9,11-12H2,1-2H3. The van der Waals surface area contributed by atoms with E-state index in [2.05, 4.69) is 17.9 Å². The smallest absolute Gasteiger partial charge is 0.119 e. The van der Waals surface area contributed by atoms with E-state index in [1.807, 2.05) is 7.05 Å². The fourth-order valence-corrected chi connectivity index (χ4v) is 1.75. The van der Waals surface area contributed by atoms with Crippen molar-refractivity contribution in [3.8, 4) is 11.8 Å². The highest BCUT2D eigenvalue weighted by Crippen LogP contribution is 2.11. The maximum Gasteiger partial charge on any atom is 0.119 e. The summed E-state index contributed by atoms with van der Waals surface area (Å²) in [4.78, 5) is 2.11. The molecule has 19 heavy (non-hydrogen) atoms. The van der Waals surface area contributed by atoms with Gasteiger partial charge in [-0.2, -0.15) is 5.26 Å². The van der Waals surface area contributed by atoms with Crippen molar-refractivity contribution in [1.29, 1.82) is 5.26 Å². The maximum absolute atomic E-state index is 9.86. The molecule has 0 saturated heterocycles. The fourth-order valence-electron chi connectivity index (χ4n) is 1.75. The summed E-state index contributed by atoms with van der Waals surface area (Å²) in [6.07, 6.45) is 1.79. The fraction of sp³-hybridized carbons (Fsp3) is 0.533. The molecule has 1 unspecified atom stereocenters. The lowest BCUT2D eigenvalue weighted by Gasteiger charge is -2.20. The van der Waals surface area contributed by atoms with Gasteiger partial charge in [0, 0.05) is 6.54 Å². The zero-order valence-corrected chi connectivity index (χ0v) is 11.7. The zero-order valence-electron chi connectivity index (χ0n) is 11.7. The quantitative estimate of drug-likeness (QED) is 0.779. The van der Waals surface area contributed by atoms with Crippen LogP contribution in [-0.2, 0) is 0 Å². The van der Waals surface area contributed by atoms with Crippen LogP contribution in [0.4, 0.5) is 0 Å². The SMILES string of the molecule is CCCCN(C)CC(O)COc1ccc(C#N)cc1. The topological polar surface area (TPSA) is 56.5 Å². The molecule has 0 fully saturated rings. The van der Waals surface area contributed by atoms with Gasteiger partial charge in [0.15, 0.2) is 0 Å². The van der Waals surface area contributed by atoms with Crippen LogP contribution in [0.3, 0.4) is 0 Å². The van der Waals surface area contributed by atoms with Gasteiger partial charge in [-0.25, -0.2) is 0 Å². The number of rotatable bonds is 8. The van der Waals surface area contributed by atoms with E-state index in [0.717, 1.165) is 19.4 Å². The molecule has 0 bridgehead atoms. The average molecular weight is 262 g/mol. The van der Waals surface area contributed by atoms with Gasteiger partial charge in [-0.3, -0.25) is 0 Å². The first kappa shape index (κ1) is 15.5. The van der Waals surface area contributed by atoms with Gasteiger partial charge in [0.05, 0.1) is 11.6 Å². The second-order valence-electron chi connectivity index (χ2n) is 4.72. The first-order chi connectivity index (χ1) is 9.15. The Morgan fingerprint density at radius 2 is 2.05 bits per heavy atom. The number of aliphatic hydroxyl groups is 1. The number of ether oxygens (including phenoxy) is 1. The van der Waals surface area contributed by atoms with Crippen LogP contribution in [0.5, 0.6) is 5.75 Å². The van der Waals surface area contributed by atoms with Crippen LogP contribution in [0, 0.1) is 11.3 Å². The molecule has 4 heteroatoms. The van der Waals surface area contributed by atoms with Gasteiger partial charge in [0.25, 0.3) is 0 Å². The monoisotopic (exact) mass is 262 g/mol. The number of unbranched alkanes of at least 4 members (excludes halogenated alkanes) is 1. The molecule has 4 nitrogen and oxygen atoms in total. The van der Waals surface area contributed by atoms with E-state index < -0.39 is 6.10 Å². The van der Waals surface area contributed by atoms with Gasteiger partial charge >= 0.3 is 0 Å². The Morgan fingerprint density at radius 1 is 1.37 bits per heavy atom. The summed E-state index contributed by atoms with van der Waals surface area (Å²) < 4.78 is 5.49. The molecule has 0 heterocycles. The predicted molar refractivity (Wildman–Crippen MR) is 75.1 cm³/mol. The normalized spacial score (nSPS) is 12.2. The van der Waals surface area contributed by atoms with Crippen LogP contribution in [-0.4, -0.2) is 42.9 Å². The van der Waals surface area contributed by atoms with E-state index in [-0.39, 0.29) is 6.61 Å². The second kappa shape index (κ2) is 8.52. The number of nitrogens with zero attached hydrogens (tertiary/aromatic N) is 2. The molecule has 0 aliphatic rings. The molecule has 0 aromatic heterocycles. The van der Waals surface area contributed by atoms with Crippen LogP contribution in [0.25, 0.3) is 0 Å². The highest BCUT2D eigenvalue weighted by Gasteiger charge is 2.08. The third-order valence-electron chi connectivity index (χ3n) is 2.84. The summed E-state index contributed by atoms with van der Waals surface area (Å²) >= 11 is 0. The molecule has 1 aromatic carbocycles. The van der Waals surface area contributed by atoms with Gasteiger partial charge in [-0.1, -0.05) is 13.3 Å². The molecular weight excluding hydrogens is 240 g/mol. The van der Waals surface area contributed by atoms with Gasteiger partial charge in [0.2, 0.25) is 0 Å². The minimum atomic E-state index is -0.502. The number of likely N-dealkylation sites (N-methyl/N-ethyl adjacent to an activating group) is 1. The van der Waals surface area contributed by atoms with Crippen molar-refractivity contribution in [3.05, 3.63) is 29.8 Å². The number of hydrogen-bond donors (Lipinski definition) is 1. The first-order valence-corrected chi connectivity index (χ1v) is 6.65. The Balaban J connectivity index is 2.29. The molecule has 1 rings (SSSR count). The van der Waals surface area contributed by atoms with Crippen molar-refractivity contribution >= 4 is 0 Å². The lowest BCUT2D eigenvalue weighted by Crippen LogP contribution is -2.33. The summed E-state index contributed by atoms with van der Waals surface area (Å²) in [7, 11) is 2.00. The average Bonchev–Trinajstić information content (AvgIpc) is 2.43. The zero-order chi connectivity index (χ0) is 14.1. The highest BCUT2D eigenvalue weighted by molar-refractivity contribution is 5.34. The molecule has 1 atom stereocenters. The molecule has 0 amide bonds. The summed E-state index contributed by atoms with van der Waals surface area (Å²) in [5.74, 6) is 0.675. The van der Waals surface area contributed by atoms with Crippen molar-refractivity contribution in [3.63, 3.8) is 0 Å². The maximum atomic E-state index is 9.86. The molecule has 0 aliphatic heterocycles. The van der Waals surface area contributed by atoms with Gasteiger partial charge in [0.1, 0.15) is 18.5 Å². The van der Waals surface area contributed by atoms with Crippen molar-refractivity contribution in [2.24, 2.45) is 0 Å². The molecule has 0 radical (unpaired) electrons. The molecule has 1 aromatic rings. The summed E-state index contributed by atoms with van der Waals surface area (Å²) in [5, 5.41) is 18.5. The minimum Gasteiger partial charge on any atom is -0.491 e. The van der Waals surface area contributed by atoms with Crippen LogP contribution in [0.1, 0.15) is 25.3 Å². The van der Waals surface area contributed by atoms with E-state index in [4.69, 9.17) is 10.00 Å². The Hall–Kier alpha value is -1.57. The number of hydrogen-bond acceptors (Lipinski definition) is 4. The van der Waals surface area contributed by atoms with E-state index in [0.29, 0.717) is 17.9 Å². The van der Waals surface area contributed by atoms with Crippen LogP contribution < -0.4 is 4.74 Å². The third kappa shape index (κ3) is 6.23. The van der Waals surface area contributed by atoms with Crippen LogP contribution in [0.15, 0.2) is 24.3 Å². The Kier molecular flexibility index (Phi) is 6.94. The third-order valence-corrected chi connectivity index (χ3v) is 2.84. The van der Waals surface area contributed by atoms with E-state index in [9.17, 15) is 5.11 Å². The summed E-state index contributed by atoms with van der Waals surface area (Å²) in [6.45, 7) is 4.02. The molecule has 104 valence electrons. The molecule has 0 aliphatic carbocycles. The predicted octanol–water partition coefficient (Wildman–Crippen LogP) is 2.03. The lowest BCUT2D eigenvalue weighted by molar-refractivity contribution is 0.0760. The minimum absolute atomic E-state index is 0.266. The number of nitriles is 1. The first-order valence-electron chi connectivity index (χ1n) is 6.65. The second-order valence-corrected chi connectivity index (χ2v) is 4.72. The van der Waals surface area contributed by atoms with Crippen molar-refractivity contribution in [2.75, 3.05) is 26.7 Å². The largest absolute Gasteiger partial charge is 0.491 e. The van der Waals surface area contributed by atoms with E-state index >= 15 is 0 Å². The van der Waals surface area contributed by atoms with Gasteiger partial charge in [-0.05, 0) is 44.3 Å². The van der Waals surface area contributed by atoms with Crippen LogP contribution in [0.2, 0.25) is 0 Å². The highest BCUT2D eigenvalue weighted by atomic mass is 16.5. The van der Waals surface area contributed by atoms with E-state index in [1.54, 1.807) is 24.3 Å². The Bertz CT molecular complexity index is 398. The van der Waals surface area contributed by atoms with E-state index in [1.165, 1.54) is 0 Å². The van der Waals surface area contributed by atoms with Crippen LogP contribution >= 0.6 is 0 Å². The number of benzene rings is 1. The summed E-state index contributed by atoms with van der Waals surface area (Å²) in [6, 6.07) is 8.94. The van der Waals surface area contributed by atoms with Crippen molar-refractivity contribution < 1.29 is 9.84 Å². The van der Waals surface area contributed by atoms with Gasteiger partial charge in [-0.15, -0.1) is 0 Å². The molecule has 0 spiro atoms. The molecule has 0 saturated carbocycles. The Morgan fingerprint density at radius 3 is 2.63 bits per heavy atom. The number of aliphatic hydroxyl groups excluding tert-OH is 1. The van der Waals surface area contributed by atoms with Crippen molar-refractivity contribution in [2.45, 2.75) is 25.9 Å². The van der Waals surface area contributed by atoms with Crippen molar-refractivity contribution in [1.82, 2.24) is 4.90 Å².